The minimum absolute atomic E-state index is 0.511. The Morgan fingerprint density at radius 2 is 2.46 bits per heavy atom. The van der Waals surface area contributed by atoms with Crippen LogP contribution in [0.15, 0.2) is 29.5 Å². The zero-order chi connectivity index (χ0) is 9.10. The lowest BCUT2D eigenvalue weighted by Gasteiger charge is -1.99. The fraction of sp³-hybridized carbons (Fsp3) is 0.400. The van der Waals surface area contributed by atoms with Gasteiger partial charge in [-0.2, -0.15) is 0 Å². The van der Waals surface area contributed by atoms with Crippen LogP contribution in [0.5, 0.6) is 0 Å². The number of nitrogens with two attached hydrogens (primary N) is 1. The third kappa shape index (κ3) is 2.54. The van der Waals surface area contributed by atoms with E-state index in [9.17, 15) is 0 Å². The van der Waals surface area contributed by atoms with Gasteiger partial charge < -0.3 is 5.73 Å². The first kappa shape index (κ1) is 8.23. The second-order valence-corrected chi connectivity index (χ2v) is 3.39. The summed E-state index contributed by atoms with van der Waals surface area (Å²) in [6.45, 7) is 0. The van der Waals surface area contributed by atoms with Gasteiger partial charge in [0.05, 0.1) is 11.9 Å². The van der Waals surface area contributed by atoms with E-state index in [1.54, 1.807) is 6.20 Å². The summed E-state index contributed by atoms with van der Waals surface area (Å²) < 4.78 is 0. The molecule has 0 aliphatic heterocycles. The predicted octanol–water partition coefficient (Wildman–Crippen LogP) is 1.14. The second-order valence-electron chi connectivity index (χ2n) is 3.39. The topological polar surface area (TPSA) is 51.3 Å². The van der Waals surface area contributed by atoms with Crippen molar-refractivity contribution in [2.75, 3.05) is 0 Å². The third-order valence-corrected chi connectivity index (χ3v) is 2.00. The van der Waals surface area contributed by atoms with E-state index in [2.05, 4.69) is 9.98 Å². The summed E-state index contributed by atoms with van der Waals surface area (Å²) in [5.41, 5.74) is 6.90. The Balaban J connectivity index is 1.97. The van der Waals surface area contributed by atoms with Crippen molar-refractivity contribution in [1.29, 1.82) is 0 Å². The molecule has 1 fully saturated rings. The molecule has 3 nitrogen and oxygen atoms in total. The molecule has 0 spiro atoms. The quantitative estimate of drug-likeness (QED) is 0.553. The second kappa shape index (κ2) is 3.56. The first-order chi connectivity index (χ1) is 6.34. The summed E-state index contributed by atoms with van der Waals surface area (Å²) in [6, 6.07) is 4.44. The van der Waals surface area contributed by atoms with Gasteiger partial charge in [-0.25, -0.2) is 0 Å². The van der Waals surface area contributed by atoms with Crippen LogP contribution < -0.4 is 5.73 Å². The highest BCUT2D eigenvalue weighted by molar-refractivity contribution is 5.82. The number of rotatable bonds is 3. The molecule has 1 heterocycles. The summed E-state index contributed by atoms with van der Waals surface area (Å²) in [4.78, 5) is 8.37. The van der Waals surface area contributed by atoms with Gasteiger partial charge in [0, 0.05) is 18.8 Å². The van der Waals surface area contributed by atoms with E-state index in [4.69, 9.17) is 5.73 Å². The number of aromatic nitrogens is 1. The van der Waals surface area contributed by atoms with E-state index >= 15 is 0 Å². The van der Waals surface area contributed by atoms with Gasteiger partial charge in [-0.05, 0) is 24.5 Å². The molecule has 0 saturated heterocycles. The van der Waals surface area contributed by atoms with E-state index in [0.717, 1.165) is 17.8 Å². The fourth-order valence-electron chi connectivity index (χ4n) is 1.20. The molecule has 0 bridgehead atoms. The average Bonchev–Trinajstić information content (AvgIpc) is 2.90. The Hall–Kier alpha value is -1.38. The van der Waals surface area contributed by atoms with Crippen molar-refractivity contribution < 1.29 is 0 Å². The van der Waals surface area contributed by atoms with Crippen LogP contribution in [0.3, 0.4) is 0 Å². The minimum atomic E-state index is 0.511. The smallest absolute Gasteiger partial charge is 0.0985 e. The molecule has 1 saturated carbocycles. The molecule has 13 heavy (non-hydrogen) atoms. The van der Waals surface area contributed by atoms with Crippen molar-refractivity contribution in [3.05, 3.63) is 30.1 Å². The van der Waals surface area contributed by atoms with Gasteiger partial charge in [-0.1, -0.05) is 6.07 Å². The van der Waals surface area contributed by atoms with Gasteiger partial charge in [0.2, 0.25) is 0 Å². The van der Waals surface area contributed by atoms with Crippen molar-refractivity contribution in [3.8, 4) is 0 Å². The highest BCUT2D eigenvalue weighted by atomic mass is 14.9. The summed E-state index contributed by atoms with van der Waals surface area (Å²) in [7, 11) is 0. The van der Waals surface area contributed by atoms with Crippen LogP contribution in [0.1, 0.15) is 18.4 Å². The Labute approximate surface area is 77.7 Å². The Kier molecular flexibility index (Phi) is 2.25. The lowest BCUT2D eigenvalue weighted by atomic mass is 10.2. The maximum absolute atomic E-state index is 5.77. The van der Waals surface area contributed by atoms with Gasteiger partial charge in [-0.3, -0.25) is 9.98 Å². The van der Waals surface area contributed by atoms with Gasteiger partial charge in [0.1, 0.15) is 0 Å². The van der Waals surface area contributed by atoms with Crippen LogP contribution in [0.25, 0.3) is 0 Å². The van der Waals surface area contributed by atoms with E-state index in [1.165, 1.54) is 12.8 Å². The number of nitrogens with zero attached hydrogens (tertiary/aromatic N) is 2. The molecule has 2 N–H and O–H groups in total. The van der Waals surface area contributed by atoms with Crippen molar-refractivity contribution in [2.24, 2.45) is 10.7 Å². The van der Waals surface area contributed by atoms with Crippen molar-refractivity contribution in [2.45, 2.75) is 25.3 Å². The molecule has 0 atom stereocenters. The number of aliphatic imine (C=N–C) groups is 1. The third-order valence-electron chi connectivity index (χ3n) is 2.00. The molecule has 1 aromatic rings. The number of hydrogen-bond donors (Lipinski definition) is 1. The fourth-order valence-corrected chi connectivity index (χ4v) is 1.20. The van der Waals surface area contributed by atoms with Gasteiger partial charge in [0.25, 0.3) is 0 Å². The van der Waals surface area contributed by atoms with Gasteiger partial charge in [-0.15, -0.1) is 0 Å². The van der Waals surface area contributed by atoms with E-state index in [1.807, 2.05) is 18.3 Å². The van der Waals surface area contributed by atoms with Gasteiger partial charge >= 0.3 is 0 Å². The Bertz CT molecular complexity index is 301. The van der Waals surface area contributed by atoms with Crippen LogP contribution >= 0.6 is 0 Å². The highest BCUT2D eigenvalue weighted by Crippen LogP contribution is 2.23. The number of pyridine rings is 1. The molecule has 68 valence electrons. The maximum Gasteiger partial charge on any atom is 0.0985 e. The zero-order valence-electron chi connectivity index (χ0n) is 7.48. The highest BCUT2D eigenvalue weighted by Gasteiger charge is 2.20. The molecule has 0 amide bonds. The normalized spacial score (nSPS) is 17.4. The summed E-state index contributed by atoms with van der Waals surface area (Å²) in [5, 5.41) is 0. The van der Waals surface area contributed by atoms with Crippen molar-refractivity contribution >= 4 is 5.84 Å². The lowest BCUT2D eigenvalue weighted by Crippen LogP contribution is -2.15. The molecular formula is C10H13N3. The van der Waals surface area contributed by atoms with Gasteiger partial charge in [0.15, 0.2) is 0 Å². The molecule has 2 rings (SSSR count). The molecule has 0 radical (unpaired) electrons. The largest absolute Gasteiger partial charge is 0.387 e. The maximum atomic E-state index is 5.77. The zero-order valence-corrected chi connectivity index (χ0v) is 7.48. The van der Waals surface area contributed by atoms with Crippen LogP contribution in [0, 0.1) is 0 Å². The Morgan fingerprint density at radius 3 is 3.08 bits per heavy atom. The van der Waals surface area contributed by atoms with Crippen LogP contribution in [-0.4, -0.2) is 16.9 Å². The summed E-state index contributed by atoms with van der Waals surface area (Å²) >= 11 is 0. The lowest BCUT2D eigenvalue weighted by molar-refractivity contribution is 1.04. The molecule has 1 aromatic heterocycles. The van der Waals surface area contributed by atoms with Crippen molar-refractivity contribution in [3.63, 3.8) is 0 Å². The number of amidine groups is 1. The van der Waals surface area contributed by atoms with Crippen LogP contribution in [0.2, 0.25) is 0 Å². The van der Waals surface area contributed by atoms with E-state index < -0.39 is 0 Å². The first-order valence-corrected chi connectivity index (χ1v) is 4.55. The molecule has 0 aromatic carbocycles. The van der Waals surface area contributed by atoms with E-state index in [0.29, 0.717) is 6.04 Å². The molecule has 0 unspecified atom stereocenters. The molecule has 1 aliphatic rings. The SMILES string of the molecule is NC(Cc1cccnc1)=NC1CC1. The first-order valence-electron chi connectivity index (χ1n) is 4.55. The minimum Gasteiger partial charge on any atom is -0.387 e. The van der Waals surface area contributed by atoms with E-state index in [-0.39, 0.29) is 0 Å². The van der Waals surface area contributed by atoms with Crippen molar-refractivity contribution in [1.82, 2.24) is 4.98 Å². The predicted molar refractivity (Wildman–Crippen MR) is 52.6 cm³/mol. The molecule has 3 heteroatoms. The Morgan fingerprint density at radius 1 is 1.62 bits per heavy atom. The molecule has 1 aliphatic carbocycles. The molecular weight excluding hydrogens is 162 g/mol. The standard InChI is InChI=1S/C10H13N3/c11-10(13-9-3-4-9)6-8-2-1-5-12-7-8/h1-2,5,7,9H,3-4,6H2,(H2,11,13). The number of hydrogen-bond acceptors (Lipinski definition) is 2. The summed E-state index contributed by atoms with van der Waals surface area (Å²) in [6.07, 6.45) is 6.72. The monoisotopic (exact) mass is 175 g/mol. The van der Waals surface area contributed by atoms with Crippen LogP contribution in [-0.2, 0) is 6.42 Å². The van der Waals surface area contributed by atoms with Crippen LogP contribution in [0.4, 0.5) is 0 Å². The summed E-state index contributed by atoms with van der Waals surface area (Å²) in [5.74, 6) is 0.732. The average molecular weight is 175 g/mol.